The van der Waals surface area contributed by atoms with Crippen molar-refractivity contribution in [2.45, 2.75) is 26.0 Å². The number of nitrogens with one attached hydrogen (secondary N) is 1. The predicted octanol–water partition coefficient (Wildman–Crippen LogP) is 5.41. The Kier molecular flexibility index (Phi) is 7.25. The third-order valence-electron chi connectivity index (χ3n) is 5.35. The molecule has 0 bridgehead atoms. The highest BCUT2D eigenvalue weighted by molar-refractivity contribution is 6.30. The number of carbonyl (C=O) groups is 1. The van der Waals surface area contributed by atoms with Crippen LogP contribution in [-0.2, 0) is 4.79 Å². The van der Waals surface area contributed by atoms with Gasteiger partial charge in [-0.15, -0.1) is 0 Å². The van der Waals surface area contributed by atoms with Crippen LogP contribution in [0.5, 0.6) is 17.2 Å². The molecule has 1 N–H and O–H groups in total. The number of hydrogen-bond donors (Lipinski definition) is 1. The van der Waals surface area contributed by atoms with Gasteiger partial charge in [0.1, 0.15) is 23.3 Å². The van der Waals surface area contributed by atoms with Crippen LogP contribution in [0.2, 0.25) is 5.02 Å². The number of amides is 1. The minimum absolute atomic E-state index is 0.0902. The molecule has 3 aromatic carbocycles. The quantitative estimate of drug-likeness (QED) is 0.405. The maximum absolute atomic E-state index is 13.1. The molecule has 3 aromatic rings. The van der Waals surface area contributed by atoms with Crippen molar-refractivity contribution in [3.63, 3.8) is 0 Å². The normalized spacial score (nSPS) is 17.3. The van der Waals surface area contributed by atoms with Crippen molar-refractivity contribution in [2.75, 3.05) is 30.0 Å². The molecular weight excluding hydrogens is 440 g/mol. The molecule has 0 aromatic heterocycles. The Bertz CT molecular complexity index is 1060. The van der Waals surface area contributed by atoms with Crippen LogP contribution in [0.4, 0.5) is 11.4 Å². The van der Waals surface area contributed by atoms with E-state index < -0.39 is 6.10 Å². The Morgan fingerprint density at radius 1 is 0.818 bits per heavy atom. The lowest BCUT2D eigenvalue weighted by atomic mass is 9.96. The number of hydrogen-bond acceptors (Lipinski definition) is 5. The van der Waals surface area contributed by atoms with Gasteiger partial charge < -0.3 is 19.5 Å². The Balaban J connectivity index is 1.50. The highest BCUT2D eigenvalue weighted by Gasteiger charge is 2.50. The van der Waals surface area contributed by atoms with Gasteiger partial charge in [-0.25, -0.2) is 0 Å². The third kappa shape index (κ3) is 5.34. The molecule has 33 heavy (non-hydrogen) atoms. The van der Waals surface area contributed by atoms with Crippen molar-refractivity contribution in [1.29, 1.82) is 0 Å². The van der Waals surface area contributed by atoms with Crippen molar-refractivity contribution < 1.29 is 19.0 Å². The van der Waals surface area contributed by atoms with Gasteiger partial charge in [-0.1, -0.05) is 11.6 Å². The van der Waals surface area contributed by atoms with Gasteiger partial charge in [-0.3, -0.25) is 9.69 Å². The molecule has 1 saturated heterocycles. The standard InChI is InChI=1S/C26H27ClN2O4/c1-3-31-21-13-7-19(8-14-21)28-17-24-25(33-23-11-5-18(27)6-12-23)26(30)29(24)20-9-15-22(16-10-20)32-4-2/h5-16,24-25,28H,3-4,17H2,1-2H3/t24-,25+/m1/s1. The molecule has 0 spiro atoms. The van der Waals surface area contributed by atoms with Crippen LogP contribution in [0, 0.1) is 0 Å². The van der Waals surface area contributed by atoms with Gasteiger partial charge >= 0.3 is 0 Å². The Morgan fingerprint density at radius 2 is 1.36 bits per heavy atom. The first-order chi connectivity index (χ1) is 16.1. The van der Waals surface area contributed by atoms with Crippen molar-refractivity contribution >= 4 is 28.9 Å². The summed E-state index contributed by atoms with van der Waals surface area (Å²) in [5.41, 5.74) is 1.74. The number of rotatable bonds is 10. The van der Waals surface area contributed by atoms with Crippen LogP contribution in [-0.4, -0.2) is 37.8 Å². The fraction of sp³-hybridized carbons (Fsp3) is 0.269. The lowest BCUT2D eigenvalue weighted by Crippen LogP contribution is -2.69. The minimum atomic E-state index is -0.604. The monoisotopic (exact) mass is 466 g/mol. The van der Waals surface area contributed by atoms with E-state index in [1.165, 1.54) is 0 Å². The van der Waals surface area contributed by atoms with Crippen LogP contribution in [0.25, 0.3) is 0 Å². The number of anilines is 2. The van der Waals surface area contributed by atoms with Crippen LogP contribution >= 0.6 is 11.6 Å². The number of halogens is 1. The zero-order chi connectivity index (χ0) is 23.2. The van der Waals surface area contributed by atoms with E-state index in [0.717, 1.165) is 22.9 Å². The summed E-state index contributed by atoms with van der Waals surface area (Å²) in [6.07, 6.45) is -0.604. The van der Waals surface area contributed by atoms with Crippen molar-refractivity contribution in [3.05, 3.63) is 77.8 Å². The molecule has 1 amide bonds. The van der Waals surface area contributed by atoms with Crippen LogP contribution < -0.4 is 24.4 Å². The van der Waals surface area contributed by atoms with E-state index in [0.29, 0.717) is 30.5 Å². The molecule has 6 nitrogen and oxygen atoms in total. The van der Waals surface area contributed by atoms with Gasteiger partial charge in [0, 0.05) is 22.9 Å². The van der Waals surface area contributed by atoms with E-state index >= 15 is 0 Å². The first-order valence-corrected chi connectivity index (χ1v) is 11.4. The average Bonchev–Trinajstić information content (AvgIpc) is 2.83. The molecular formula is C26H27ClN2O4. The summed E-state index contributed by atoms with van der Waals surface area (Å²) in [5, 5.41) is 4.04. The topological polar surface area (TPSA) is 60.0 Å². The number of nitrogens with zero attached hydrogens (tertiary/aromatic N) is 1. The summed E-state index contributed by atoms with van der Waals surface area (Å²) in [5.74, 6) is 2.11. The van der Waals surface area contributed by atoms with Gasteiger partial charge in [0.15, 0.2) is 6.10 Å². The first kappa shape index (κ1) is 22.8. The number of benzene rings is 3. The zero-order valence-electron chi connectivity index (χ0n) is 18.7. The summed E-state index contributed by atoms with van der Waals surface area (Å²) in [6.45, 7) is 5.63. The van der Waals surface area contributed by atoms with Gasteiger partial charge in [-0.2, -0.15) is 0 Å². The van der Waals surface area contributed by atoms with Crippen molar-refractivity contribution in [1.82, 2.24) is 0 Å². The fourth-order valence-electron chi connectivity index (χ4n) is 3.75. The number of ether oxygens (including phenoxy) is 3. The number of carbonyl (C=O) groups excluding carboxylic acids is 1. The molecule has 1 aliphatic heterocycles. The molecule has 4 rings (SSSR count). The molecule has 0 saturated carbocycles. The Hall–Kier alpha value is -3.38. The summed E-state index contributed by atoms with van der Waals surface area (Å²) in [6, 6.07) is 22.1. The summed E-state index contributed by atoms with van der Waals surface area (Å²) >= 11 is 5.98. The molecule has 1 fully saturated rings. The predicted molar refractivity (Wildman–Crippen MR) is 131 cm³/mol. The highest BCUT2D eigenvalue weighted by atomic mass is 35.5. The smallest absolute Gasteiger partial charge is 0.270 e. The zero-order valence-corrected chi connectivity index (χ0v) is 19.4. The summed E-state index contributed by atoms with van der Waals surface area (Å²) < 4.78 is 17.1. The van der Waals surface area contributed by atoms with Crippen molar-refractivity contribution in [3.8, 4) is 17.2 Å². The largest absolute Gasteiger partial charge is 0.494 e. The van der Waals surface area contributed by atoms with Gasteiger partial charge in [0.25, 0.3) is 5.91 Å². The second-order valence-corrected chi connectivity index (χ2v) is 7.97. The maximum atomic E-state index is 13.1. The molecule has 172 valence electrons. The van der Waals surface area contributed by atoms with E-state index in [4.69, 9.17) is 25.8 Å². The second kappa shape index (κ2) is 10.5. The number of β-lactam (4-membered cyclic amide) rings is 1. The van der Waals surface area contributed by atoms with Gasteiger partial charge in [0.2, 0.25) is 0 Å². The Labute approximate surface area is 199 Å². The first-order valence-electron chi connectivity index (χ1n) is 11.0. The van der Waals surface area contributed by atoms with Gasteiger partial charge in [0.05, 0.1) is 13.2 Å². The van der Waals surface area contributed by atoms with Crippen LogP contribution in [0.15, 0.2) is 72.8 Å². The highest BCUT2D eigenvalue weighted by Crippen LogP contribution is 2.33. The summed E-state index contributed by atoms with van der Waals surface area (Å²) in [7, 11) is 0. The molecule has 1 aliphatic rings. The SMILES string of the molecule is CCOc1ccc(NC[C@@H]2[C@H](Oc3ccc(Cl)cc3)C(=O)N2c2ccc(OCC)cc2)cc1. The molecule has 2 atom stereocenters. The van der Waals surface area contributed by atoms with E-state index in [1.54, 1.807) is 29.2 Å². The summed E-state index contributed by atoms with van der Waals surface area (Å²) in [4.78, 5) is 14.8. The van der Waals surface area contributed by atoms with Crippen LogP contribution in [0.3, 0.4) is 0 Å². The molecule has 0 radical (unpaired) electrons. The second-order valence-electron chi connectivity index (χ2n) is 7.53. The van der Waals surface area contributed by atoms with Crippen LogP contribution in [0.1, 0.15) is 13.8 Å². The maximum Gasteiger partial charge on any atom is 0.270 e. The van der Waals surface area contributed by atoms with E-state index in [1.807, 2.05) is 62.4 Å². The molecule has 0 aliphatic carbocycles. The lowest BCUT2D eigenvalue weighted by molar-refractivity contribution is -0.134. The van der Waals surface area contributed by atoms with Crippen molar-refractivity contribution in [2.24, 2.45) is 0 Å². The molecule has 0 unspecified atom stereocenters. The van der Waals surface area contributed by atoms with E-state index in [-0.39, 0.29) is 11.9 Å². The fourth-order valence-corrected chi connectivity index (χ4v) is 3.88. The molecule has 7 heteroatoms. The average molecular weight is 467 g/mol. The van der Waals surface area contributed by atoms with Gasteiger partial charge in [-0.05, 0) is 86.6 Å². The van der Waals surface area contributed by atoms with E-state index in [9.17, 15) is 4.79 Å². The lowest BCUT2D eigenvalue weighted by Gasteiger charge is -2.46. The Morgan fingerprint density at radius 3 is 1.94 bits per heavy atom. The third-order valence-corrected chi connectivity index (χ3v) is 5.60. The molecule has 1 heterocycles. The van der Waals surface area contributed by atoms with E-state index in [2.05, 4.69) is 5.32 Å². The minimum Gasteiger partial charge on any atom is -0.494 e.